The molecule has 1 saturated heterocycles. The van der Waals surface area contributed by atoms with E-state index in [-0.39, 0.29) is 11.8 Å². The fourth-order valence-corrected chi connectivity index (χ4v) is 5.89. The molecule has 39 heavy (non-hydrogen) atoms. The summed E-state index contributed by atoms with van der Waals surface area (Å²) in [7, 11) is 0. The van der Waals surface area contributed by atoms with Crippen LogP contribution in [0.15, 0.2) is 47.4 Å². The van der Waals surface area contributed by atoms with E-state index in [1.165, 1.54) is 4.90 Å². The van der Waals surface area contributed by atoms with Crippen LogP contribution in [0.5, 0.6) is 0 Å². The Morgan fingerprint density at radius 3 is 2.49 bits per heavy atom. The van der Waals surface area contributed by atoms with Gasteiger partial charge in [0.25, 0.3) is 0 Å². The highest BCUT2D eigenvalue weighted by Crippen LogP contribution is 2.51. The summed E-state index contributed by atoms with van der Waals surface area (Å²) in [6.07, 6.45) is 3.29. The number of rotatable bonds is 7. The number of carbonyl (C=O) groups is 2. The van der Waals surface area contributed by atoms with Crippen LogP contribution in [-0.4, -0.2) is 46.4 Å². The van der Waals surface area contributed by atoms with E-state index in [1.807, 2.05) is 42.5 Å². The highest BCUT2D eigenvalue weighted by Gasteiger charge is 2.57. The maximum absolute atomic E-state index is 13.3. The van der Waals surface area contributed by atoms with Crippen molar-refractivity contribution in [3.63, 3.8) is 0 Å². The van der Waals surface area contributed by atoms with Crippen LogP contribution >= 0.6 is 11.8 Å². The number of carbonyl (C=O) groups excluding carboxylic acids is 2. The van der Waals surface area contributed by atoms with Crippen molar-refractivity contribution in [3.8, 4) is 23.3 Å². The summed E-state index contributed by atoms with van der Waals surface area (Å²) < 4.78 is 5.53. The van der Waals surface area contributed by atoms with Gasteiger partial charge in [0.15, 0.2) is 0 Å². The normalized spacial score (nSPS) is 22.4. The molecule has 1 aliphatic carbocycles. The van der Waals surface area contributed by atoms with Gasteiger partial charge in [-0.15, -0.1) is 11.8 Å². The number of hydrogen-bond donors (Lipinski definition) is 1. The fraction of sp³-hybridized carbons (Fsp3) is 0.484. The summed E-state index contributed by atoms with van der Waals surface area (Å²) in [5.74, 6) is 0.550. The molecule has 1 saturated carbocycles. The molecule has 204 valence electrons. The number of benzene rings is 2. The zero-order valence-electron chi connectivity index (χ0n) is 23.1. The molecule has 2 aromatic rings. The van der Waals surface area contributed by atoms with E-state index in [0.29, 0.717) is 24.9 Å². The maximum Gasteiger partial charge on any atom is 0.410 e. The minimum atomic E-state index is -0.984. The summed E-state index contributed by atoms with van der Waals surface area (Å²) in [4.78, 5) is 28.6. The number of nitrogens with one attached hydrogen (secondary N) is 1. The molecule has 0 bridgehead atoms. The Morgan fingerprint density at radius 1 is 1.13 bits per heavy atom. The van der Waals surface area contributed by atoms with Gasteiger partial charge in [-0.3, -0.25) is 9.69 Å². The largest absolute Gasteiger partial charge is 0.444 e. The van der Waals surface area contributed by atoms with E-state index >= 15 is 0 Å². The Morgan fingerprint density at radius 2 is 1.85 bits per heavy atom. The molecule has 2 aliphatic rings. The molecule has 2 aromatic carbocycles. The van der Waals surface area contributed by atoms with Gasteiger partial charge in [0, 0.05) is 17.4 Å². The van der Waals surface area contributed by atoms with Gasteiger partial charge in [0.2, 0.25) is 5.91 Å². The maximum atomic E-state index is 13.3. The SMILES string of the molecule is CCCSc1ccc(-c2ccc([C@@H]3CC3(C#N)NC(=O)[C@@H]3CCCCN3C(=O)OC(C)(C)C)cc2)cc1C#N. The third kappa shape index (κ3) is 6.57. The first kappa shape index (κ1) is 28.5. The minimum Gasteiger partial charge on any atom is -0.444 e. The number of hydrogen-bond acceptors (Lipinski definition) is 6. The Bertz CT molecular complexity index is 1310. The molecule has 8 heteroatoms. The summed E-state index contributed by atoms with van der Waals surface area (Å²) in [6.45, 7) is 8.00. The van der Waals surface area contributed by atoms with Crippen molar-refractivity contribution in [2.45, 2.75) is 87.8 Å². The average molecular weight is 545 g/mol. The van der Waals surface area contributed by atoms with E-state index < -0.39 is 23.3 Å². The van der Waals surface area contributed by atoms with Crippen LogP contribution in [0, 0.1) is 22.7 Å². The van der Waals surface area contributed by atoms with Gasteiger partial charge in [0.05, 0.1) is 11.6 Å². The van der Waals surface area contributed by atoms with Crippen LogP contribution in [0.2, 0.25) is 0 Å². The standard InChI is InChI=1S/C31H36N4O3S/c1-5-16-39-27-14-13-23(17-24(27)19-32)21-9-11-22(12-10-21)25-18-31(25,20-33)34-28(36)26-8-6-7-15-35(26)29(37)38-30(2,3)4/h9-14,17,25-26H,5-8,15-16,18H2,1-4H3,(H,34,36)/t25-,26-,31?/m0/s1. The lowest BCUT2D eigenvalue weighted by molar-refractivity contribution is -0.128. The van der Waals surface area contributed by atoms with Crippen LogP contribution in [0.1, 0.15) is 76.8 Å². The minimum absolute atomic E-state index is 0.124. The molecule has 1 N–H and O–H groups in total. The number of thioether (sulfide) groups is 1. The number of piperidine rings is 1. The van der Waals surface area contributed by atoms with Gasteiger partial charge >= 0.3 is 6.09 Å². The van der Waals surface area contributed by atoms with Gasteiger partial charge in [-0.25, -0.2) is 4.79 Å². The lowest BCUT2D eigenvalue weighted by Gasteiger charge is -2.36. The lowest BCUT2D eigenvalue weighted by atomic mass is 9.99. The molecule has 2 amide bonds. The molecule has 0 radical (unpaired) electrons. The second-order valence-corrected chi connectivity index (χ2v) is 12.4. The number of nitriles is 2. The summed E-state index contributed by atoms with van der Waals surface area (Å²) in [5, 5.41) is 22.6. The molecular formula is C31H36N4O3S. The first-order valence-corrected chi connectivity index (χ1v) is 14.6. The monoisotopic (exact) mass is 544 g/mol. The molecule has 2 fully saturated rings. The van der Waals surface area contributed by atoms with Crippen LogP contribution in [0.3, 0.4) is 0 Å². The molecule has 1 aliphatic heterocycles. The third-order valence-corrected chi connectivity index (χ3v) is 8.43. The Balaban J connectivity index is 1.45. The van der Waals surface area contributed by atoms with Gasteiger partial charge in [-0.05, 0) is 87.5 Å². The first-order valence-electron chi connectivity index (χ1n) is 13.6. The number of nitrogens with zero attached hydrogens (tertiary/aromatic N) is 3. The average Bonchev–Trinajstić information content (AvgIpc) is 3.65. The molecule has 0 aromatic heterocycles. The van der Waals surface area contributed by atoms with Crippen LogP contribution in [-0.2, 0) is 9.53 Å². The van der Waals surface area contributed by atoms with Crippen LogP contribution < -0.4 is 5.32 Å². The van der Waals surface area contributed by atoms with Crippen molar-refractivity contribution in [1.82, 2.24) is 10.2 Å². The number of amides is 2. The molecule has 1 heterocycles. The van der Waals surface area contributed by atoms with Gasteiger partial charge in [0.1, 0.15) is 23.3 Å². The van der Waals surface area contributed by atoms with Gasteiger partial charge in [-0.1, -0.05) is 37.3 Å². The predicted octanol–water partition coefficient (Wildman–Crippen LogP) is 6.38. The second kappa shape index (κ2) is 11.7. The molecular weight excluding hydrogens is 508 g/mol. The summed E-state index contributed by atoms with van der Waals surface area (Å²) >= 11 is 1.69. The van der Waals surface area contributed by atoms with Crippen molar-refractivity contribution in [1.29, 1.82) is 10.5 Å². The Labute approximate surface area is 235 Å². The van der Waals surface area contributed by atoms with Crippen molar-refractivity contribution in [3.05, 3.63) is 53.6 Å². The van der Waals surface area contributed by atoms with Crippen molar-refractivity contribution >= 4 is 23.8 Å². The lowest BCUT2D eigenvalue weighted by Crippen LogP contribution is -2.55. The highest BCUT2D eigenvalue weighted by atomic mass is 32.2. The van der Waals surface area contributed by atoms with Gasteiger partial charge < -0.3 is 10.1 Å². The van der Waals surface area contributed by atoms with E-state index in [9.17, 15) is 20.1 Å². The number of likely N-dealkylation sites (tertiary alicyclic amines) is 1. The zero-order chi connectivity index (χ0) is 28.2. The second-order valence-electron chi connectivity index (χ2n) is 11.3. The van der Waals surface area contributed by atoms with Crippen molar-refractivity contribution in [2.75, 3.05) is 12.3 Å². The third-order valence-electron chi connectivity index (χ3n) is 7.15. The first-order chi connectivity index (χ1) is 18.6. The topological polar surface area (TPSA) is 106 Å². The van der Waals surface area contributed by atoms with Crippen molar-refractivity contribution < 1.29 is 14.3 Å². The Kier molecular flexibility index (Phi) is 8.57. The zero-order valence-corrected chi connectivity index (χ0v) is 23.9. The van der Waals surface area contributed by atoms with E-state index in [0.717, 1.165) is 46.6 Å². The Hall–Kier alpha value is -3.49. The molecule has 4 rings (SSSR count). The smallest absolute Gasteiger partial charge is 0.410 e. The summed E-state index contributed by atoms with van der Waals surface area (Å²) in [5.41, 5.74) is 1.97. The number of ether oxygens (including phenoxy) is 1. The van der Waals surface area contributed by atoms with E-state index in [2.05, 4.69) is 24.4 Å². The quantitative estimate of drug-likeness (QED) is 0.405. The van der Waals surface area contributed by atoms with E-state index in [1.54, 1.807) is 32.5 Å². The molecule has 0 spiro atoms. The van der Waals surface area contributed by atoms with E-state index in [4.69, 9.17) is 4.74 Å². The summed E-state index contributed by atoms with van der Waals surface area (Å²) in [6, 6.07) is 17.9. The van der Waals surface area contributed by atoms with Gasteiger partial charge in [-0.2, -0.15) is 10.5 Å². The predicted molar refractivity (Wildman–Crippen MR) is 152 cm³/mol. The van der Waals surface area contributed by atoms with Crippen LogP contribution in [0.4, 0.5) is 4.79 Å². The highest BCUT2D eigenvalue weighted by molar-refractivity contribution is 7.99. The fourth-order valence-electron chi connectivity index (χ4n) is 5.04. The van der Waals surface area contributed by atoms with Crippen LogP contribution in [0.25, 0.3) is 11.1 Å². The molecule has 7 nitrogen and oxygen atoms in total. The molecule has 3 atom stereocenters. The molecule has 1 unspecified atom stereocenters. The van der Waals surface area contributed by atoms with Crippen molar-refractivity contribution in [2.24, 2.45) is 0 Å².